The first-order valence-corrected chi connectivity index (χ1v) is 6.77. The molecule has 0 spiro atoms. The fraction of sp³-hybridized carbons (Fsp3) is 0. The van der Waals surface area contributed by atoms with Crippen LogP contribution in [0.3, 0.4) is 0 Å². The summed E-state index contributed by atoms with van der Waals surface area (Å²) in [5.74, 6) is 0.363. The number of hydrogen-bond donors (Lipinski definition) is 1. The molecule has 0 fully saturated rings. The highest BCUT2D eigenvalue weighted by Gasteiger charge is 2.10. The Hall–Kier alpha value is -1.17. The summed E-state index contributed by atoms with van der Waals surface area (Å²) in [5.41, 5.74) is 6.11. The molecule has 2 rings (SSSR count). The Labute approximate surface area is 128 Å². The molecule has 0 aliphatic carbocycles. The third-order valence-corrected chi connectivity index (χ3v) is 3.42. The molecule has 2 N–H and O–H groups in total. The van der Waals surface area contributed by atoms with Crippen LogP contribution >= 0.6 is 39.7 Å². The zero-order valence-corrected chi connectivity index (χ0v) is 12.7. The summed E-state index contributed by atoms with van der Waals surface area (Å²) in [6.45, 7) is 0. The highest BCUT2D eigenvalue weighted by Crippen LogP contribution is 2.29. The molecule has 0 aromatic heterocycles. The van der Waals surface area contributed by atoms with Crippen molar-refractivity contribution in [3.63, 3.8) is 0 Å². The molecule has 98 valence electrons. The smallest absolute Gasteiger partial charge is 0.141 e. The van der Waals surface area contributed by atoms with Crippen molar-refractivity contribution in [2.75, 3.05) is 0 Å². The molecule has 2 aromatic rings. The first kappa shape index (κ1) is 14.2. The van der Waals surface area contributed by atoms with Crippen molar-refractivity contribution in [3.05, 3.63) is 57.3 Å². The average molecular weight is 361 g/mol. The monoisotopic (exact) mass is 359 g/mol. The van der Waals surface area contributed by atoms with Crippen molar-refractivity contribution in [3.8, 4) is 11.5 Å². The van der Waals surface area contributed by atoms with Gasteiger partial charge >= 0.3 is 0 Å². The second-order valence-electron chi connectivity index (χ2n) is 3.68. The Balaban J connectivity index is 2.37. The predicted molar refractivity (Wildman–Crippen MR) is 81.5 cm³/mol. The van der Waals surface area contributed by atoms with Crippen LogP contribution in [0.15, 0.2) is 40.9 Å². The third-order valence-electron chi connectivity index (χ3n) is 2.33. The molecular formula is C13H8BrClFNOS. The van der Waals surface area contributed by atoms with Gasteiger partial charge in [0, 0.05) is 11.1 Å². The maximum atomic E-state index is 13.4. The summed E-state index contributed by atoms with van der Waals surface area (Å²) in [7, 11) is 0. The summed E-state index contributed by atoms with van der Waals surface area (Å²) < 4.78 is 19.3. The Morgan fingerprint density at radius 2 is 2.00 bits per heavy atom. The van der Waals surface area contributed by atoms with Gasteiger partial charge in [0.2, 0.25) is 0 Å². The number of hydrogen-bond acceptors (Lipinski definition) is 2. The van der Waals surface area contributed by atoms with Gasteiger partial charge in [-0.25, -0.2) is 4.39 Å². The minimum atomic E-state index is -0.414. The van der Waals surface area contributed by atoms with Gasteiger partial charge in [-0.05, 0) is 46.3 Å². The lowest BCUT2D eigenvalue weighted by molar-refractivity contribution is 0.475. The lowest BCUT2D eigenvalue weighted by atomic mass is 10.2. The summed E-state index contributed by atoms with van der Waals surface area (Å²) in [4.78, 5) is 0.162. The van der Waals surface area contributed by atoms with Crippen LogP contribution in [0.1, 0.15) is 5.56 Å². The van der Waals surface area contributed by atoms with Crippen LogP contribution in [-0.4, -0.2) is 4.99 Å². The largest absolute Gasteiger partial charge is 0.457 e. The van der Waals surface area contributed by atoms with Crippen LogP contribution in [0.25, 0.3) is 0 Å². The van der Waals surface area contributed by atoms with E-state index in [1.807, 2.05) is 0 Å². The number of thiocarbonyl (C=S) groups is 1. The van der Waals surface area contributed by atoms with E-state index in [1.54, 1.807) is 30.3 Å². The van der Waals surface area contributed by atoms with Crippen molar-refractivity contribution >= 4 is 44.7 Å². The summed E-state index contributed by atoms with van der Waals surface area (Å²) in [6.07, 6.45) is 0. The van der Waals surface area contributed by atoms with E-state index in [0.717, 1.165) is 0 Å². The molecule has 0 atom stereocenters. The molecule has 0 amide bonds. The van der Waals surface area contributed by atoms with Gasteiger partial charge in [-0.3, -0.25) is 0 Å². The standard InChI is InChI=1S/C13H8BrClFNOS/c14-10-3-2-8(6-11(10)16)18-12-4-1-7(15)5-9(12)13(17)19/h1-6H,(H2,17,19). The molecular weight excluding hydrogens is 353 g/mol. The minimum Gasteiger partial charge on any atom is -0.457 e. The summed E-state index contributed by atoms with van der Waals surface area (Å²) in [6, 6.07) is 9.34. The first-order valence-electron chi connectivity index (χ1n) is 5.19. The maximum Gasteiger partial charge on any atom is 0.141 e. The van der Waals surface area contributed by atoms with E-state index in [1.165, 1.54) is 6.07 Å². The molecule has 0 saturated heterocycles. The van der Waals surface area contributed by atoms with Crippen LogP contribution < -0.4 is 10.5 Å². The molecule has 0 saturated carbocycles. The van der Waals surface area contributed by atoms with Crippen molar-refractivity contribution in [1.82, 2.24) is 0 Å². The summed E-state index contributed by atoms with van der Waals surface area (Å²) in [5, 5.41) is 0.497. The van der Waals surface area contributed by atoms with E-state index in [-0.39, 0.29) is 4.99 Å². The molecule has 0 bridgehead atoms. The van der Waals surface area contributed by atoms with Crippen molar-refractivity contribution in [2.24, 2.45) is 5.73 Å². The molecule has 2 aromatic carbocycles. The highest BCUT2D eigenvalue weighted by atomic mass is 79.9. The fourth-order valence-electron chi connectivity index (χ4n) is 1.45. The molecule has 19 heavy (non-hydrogen) atoms. The molecule has 0 heterocycles. The molecule has 0 aliphatic heterocycles. The maximum absolute atomic E-state index is 13.4. The van der Waals surface area contributed by atoms with E-state index in [2.05, 4.69) is 15.9 Å². The number of ether oxygens (including phenoxy) is 1. The lowest BCUT2D eigenvalue weighted by Crippen LogP contribution is -2.10. The Morgan fingerprint density at radius 1 is 1.26 bits per heavy atom. The van der Waals surface area contributed by atoms with E-state index >= 15 is 0 Å². The number of rotatable bonds is 3. The zero-order chi connectivity index (χ0) is 14.0. The second-order valence-corrected chi connectivity index (χ2v) is 5.41. The number of halogens is 3. The third kappa shape index (κ3) is 3.43. The highest BCUT2D eigenvalue weighted by molar-refractivity contribution is 9.10. The zero-order valence-electron chi connectivity index (χ0n) is 9.49. The van der Waals surface area contributed by atoms with Crippen molar-refractivity contribution in [2.45, 2.75) is 0 Å². The van der Waals surface area contributed by atoms with Crippen molar-refractivity contribution in [1.29, 1.82) is 0 Å². The Bertz CT molecular complexity index is 651. The van der Waals surface area contributed by atoms with Crippen LogP contribution in [0.2, 0.25) is 5.02 Å². The molecule has 0 radical (unpaired) electrons. The van der Waals surface area contributed by atoms with Gasteiger partial charge in [-0.15, -0.1) is 0 Å². The van der Waals surface area contributed by atoms with Gasteiger partial charge < -0.3 is 10.5 Å². The summed E-state index contributed by atoms with van der Waals surface area (Å²) >= 11 is 13.9. The fourth-order valence-corrected chi connectivity index (χ4v) is 2.03. The van der Waals surface area contributed by atoms with Gasteiger partial charge in [-0.2, -0.15) is 0 Å². The minimum absolute atomic E-state index is 0.162. The Kier molecular flexibility index (Phi) is 4.39. The normalized spacial score (nSPS) is 10.3. The molecule has 0 unspecified atom stereocenters. The van der Waals surface area contributed by atoms with Crippen LogP contribution in [0, 0.1) is 5.82 Å². The van der Waals surface area contributed by atoms with Crippen LogP contribution in [0.4, 0.5) is 4.39 Å². The van der Waals surface area contributed by atoms with Gasteiger partial charge in [0.15, 0.2) is 0 Å². The SMILES string of the molecule is NC(=S)c1cc(Cl)ccc1Oc1ccc(Br)c(F)c1. The second kappa shape index (κ2) is 5.86. The first-order chi connectivity index (χ1) is 8.97. The van der Waals surface area contributed by atoms with Gasteiger partial charge in [0.05, 0.1) is 10.0 Å². The predicted octanol–water partition coefficient (Wildman–Crippen LogP) is 4.67. The van der Waals surface area contributed by atoms with Crippen LogP contribution in [-0.2, 0) is 0 Å². The number of benzene rings is 2. The van der Waals surface area contributed by atoms with Crippen molar-refractivity contribution < 1.29 is 9.13 Å². The molecule has 0 aliphatic rings. The van der Waals surface area contributed by atoms with E-state index in [0.29, 0.717) is 26.6 Å². The average Bonchev–Trinajstić information content (AvgIpc) is 2.36. The quantitative estimate of drug-likeness (QED) is 0.808. The topological polar surface area (TPSA) is 35.2 Å². The van der Waals surface area contributed by atoms with Gasteiger partial charge in [-0.1, -0.05) is 23.8 Å². The number of nitrogens with two attached hydrogens (primary N) is 1. The van der Waals surface area contributed by atoms with Crippen LogP contribution in [0.5, 0.6) is 11.5 Å². The van der Waals surface area contributed by atoms with Gasteiger partial charge in [0.25, 0.3) is 0 Å². The Morgan fingerprint density at radius 3 is 2.63 bits per heavy atom. The van der Waals surface area contributed by atoms with Gasteiger partial charge in [0.1, 0.15) is 22.3 Å². The molecule has 2 nitrogen and oxygen atoms in total. The van der Waals surface area contributed by atoms with E-state index in [4.69, 9.17) is 34.3 Å². The molecule has 6 heteroatoms. The van der Waals surface area contributed by atoms with E-state index in [9.17, 15) is 4.39 Å². The van der Waals surface area contributed by atoms with E-state index < -0.39 is 5.82 Å². The lowest BCUT2D eigenvalue weighted by Gasteiger charge is -2.11.